The van der Waals surface area contributed by atoms with Gasteiger partial charge in [0.15, 0.2) is 0 Å². The van der Waals surface area contributed by atoms with Crippen molar-refractivity contribution < 1.29 is 4.79 Å². The second-order valence-electron chi connectivity index (χ2n) is 3.45. The van der Waals surface area contributed by atoms with Gasteiger partial charge in [-0.1, -0.05) is 24.0 Å². The number of carbonyl (C=O) groups excluding carboxylic acids is 1. The minimum absolute atomic E-state index is 0.132. The van der Waals surface area contributed by atoms with Gasteiger partial charge in [-0.05, 0) is 20.8 Å². The SMILES string of the molecule is CC(C)(C)N1C(=O)CSC1=S. The monoisotopic (exact) mass is 189 g/mol. The largest absolute Gasteiger partial charge is 0.292 e. The van der Waals surface area contributed by atoms with E-state index in [9.17, 15) is 4.79 Å². The van der Waals surface area contributed by atoms with Crippen LogP contribution in [0, 0.1) is 0 Å². The van der Waals surface area contributed by atoms with Gasteiger partial charge in [0.25, 0.3) is 0 Å². The third-order valence-electron chi connectivity index (χ3n) is 1.42. The summed E-state index contributed by atoms with van der Waals surface area (Å²) in [6.45, 7) is 5.97. The maximum atomic E-state index is 11.2. The van der Waals surface area contributed by atoms with Crippen molar-refractivity contribution in [2.45, 2.75) is 26.3 Å². The molecule has 62 valence electrons. The van der Waals surface area contributed by atoms with Crippen LogP contribution in [0.25, 0.3) is 0 Å². The van der Waals surface area contributed by atoms with Crippen LogP contribution in [0.4, 0.5) is 0 Å². The molecule has 11 heavy (non-hydrogen) atoms. The van der Waals surface area contributed by atoms with Crippen molar-refractivity contribution in [2.24, 2.45) is 0 Å². The number of amides is 1. The number of hydrogen-bond donors (Lipinski definition) is 0. The summed E-state index contributed by atoms with van der Waals surface area (Å²) in [7, 11) is 0. The lowest BCUT2D eigenvalue weighted by Crippen LogP contribution is -2.44. The Hall–Kier alpha value is -0.0900. The quantitative estimate of drug-likeness (QED) is 0.540. The molecule has 0 aromatic heterocycles. The molecule has 0 bridgehead atoms. The molecule has 1 aliphatic rings. The Balaban J connectivity index is 2.85. The maximum Gasteiger partial charge on any atom is 0.238 e. The Morgan fingerprint density at radius 2 is 2.09 bits per heavy atom. The summed E-state index contributed by atoms with van der Waals surface area (Å²) >= 11 is 6.48. The van der Waals surface area contributed by atoms with Crippen LogP contribution >= 0.6 is 24.0 Å². The minimum atomic E-state index is -0.155. The smallest absolute Gasteiger partial charge is 0.238 e. The van der Waals surface area contributed by atoms with Crippen LogP contribution in [0.1, 0.15) is 20.8 Å². The Morgan fingerprint density at radius 3 is 2.27 bits per heavy atom. The minimum Gasteiger partial charge on any atom is -0.292 e. The van der Waals surface area contributed by atoms with E-state index < -0.39 is 0 Å². The van der Waals surface area contributed by atoms with Crippen molar-refractivity contribution in [1.82, 2.24) is 4.90 Å². The molecule has 0 atom stereocenters. The Labute approximate surface area is 76.3 Å². The first-order valence-electron chi connectivity index (χ1n) is 3.43. The second-order valence-corrected chi connectivity index (χ2v) is 5.06. The van der Waals surface area contributed by atoms with Gasteiger partial charge in [0.1, 0.15) is 4.32 Å². The van der Waals surface area contributed by atoms with Gasteiger partial charge < -0.3 is 0 Å². The van der Waals surface area contributed by atoms with Crippen LogP contribution in [0.3, 0.4) is 0 Å². The topological polar surface area (TPSA) is 20.3 Å². The fourth-order valence-electron chi connectivity index (χ4n) is 1.00. The lowest BCUT2D eigenvalue weighted by molar-refractivity contribution is -0.127. The van der Waals surface area contributed by atoms with Gasteiger partial charge in [0.2, 0.25) is 5.91 Å². The lowest BCUT2D eigenvalue weighted by atomic mass is 10.1. The number of thioether (sulfide) groups is 1. The maximum absolute atomic E-state index is 11.2. The van der Waals surface area contributed by atoms with E-state index in [4.69, 9.17) is 12.2 Å². The van der Waals surface area contributed by atoms with Crippen LogP contribution in [-0.2, 0) is 4.79 Å². The van der Waals surface area contributed by atoms with Gasteiger partial charge in [-0.25, -0.2) is 0 Å². The van der Waals surface area contributed by atoms with Crippen molar-refractivity contribution in [3.05, 3.63) is 0 Å². The van der Waals surface area contributed by atoms with Gasteiger partial charge >= 0.3 is 0 Å². The third kappa shape index (κ3) is 1.73. The molecule has 0 N–H and O–H groups in total. The average Bonchev–Trinajstić information content (AvgIpc) is 2.08. The van der Waals surface area contributed by atoms with Crippen LogP contribution < -0.4 is 0 Å². The van der Waals surface area contributed by atoms with E-state index in [0.717, 1.165) is 0 Å². The fraction of sp³-hybridized carbons (Fsp3) is 0.714. The molecule has 0 aromatic carbocycles. The van der Waals surface area contributed by atoms with Crippen molar-refractivity contribution in [3.63, 3.8) is 0 Å². The normalized spacial score (nSPS) is 19.7. The first-order chi connectivity index (χ1) is 4.93. The van der Waals surface area contributed by atoms with Gasteiger partial charge in [0, 0.05) is 5.54 Å². The molecule has 0 aliphatic carbocycles. The molecule has 0 radical (unpaired) electrons. The molecular formula is C7H11NOS2. The number of carbonyl (C=O) groups is 1. The van der Waals surface area contributed by atoms with E-state index >= 15 is 0 Å². The third-order valence-corrected chi connectivity index (χ3v) is 2.78. The van der Waals surface area contributed by atoms with Crippen molar-refractivity contribution in [1.29, 1.82) is 0 Å². The van der Waals surface area contributed by atoms with E-state index in [2.05, 4.69) is 0 Å². The van der Waals surface area contributed by atoms with Gasteiger partial charge in [-0.3, -0.25) is 9.69 Å². The summed E-state index contributed by atoms with van der Waals surface area (Å²) in [5.41, 5.74) is -0.155. The molecule has 1 saturated heterocycles. The van der Waals surface area contributed by atoms with E-state index in [1.165, 1.54) is 11.8 Å². The highest BCUT2D eigenvalue weighted by molar-refractivity contribution is 8.23. The molecule has 2 nitrogen and oxygen atoms in total. The predicted molar refractivity (Wildman–Crippen MR) is 51.7 cm³/mol. The zero-order valence-corrected chi connectivity index (χ0v) is 8.51. The predicted octanol–water partition coefficient (Wildman–Crippen LogP) is 1.65. The fourth-order valence-corrected chi connectivity index (χ4v) is 2.44. The number of hydrogen-bond acceptors (Lipinski definition) is 3. The summed E-state index contributed by atoms with van der Waals surface area (Å²) in [6, 6.07) is 0. The van der Waals surface area contributed by atoms with E-state index in [1.807, 2.05) is 20.8 Å². The first kappa shape index (κ1) is 9.00. The molecule has 0 aromatic rings. The lowest BCUT2D eigenvalue weighted by Gasteiger charge is -2.30. The highest BCUT2D eigenvalue weighted by Gasteiger charge is 2.34. The van der Waals surface area contributed by atoms with Gasteiger partial charge in [0.05, 0.1) is 5.75 Å². The first-order valence-corrected chi connectivity index (χ1v) is 4.82. The number of nitrogens with zero attached hydrogens (tertiary/aromatic N) is 1. The molecule has 4 heteroatoms. The molecule has 1 heterocycles. The van der Waals surface area contributed by atoms with Crippen molar-refractivity contribution in [2.75, 3.05) is 5.75 Å². The zero-order chi connectivity index (χ0) is 8.65. The summed E-state index contributed by atoms with van der Waals surface area (Å²) in [5.74, 6) is 0.642. The zero-order valence-electron chi connectivity index (χ0n) is 6.88. The molecule has 1 fully saturated rings. The molecular weight excluding hydrogens is 178 g/mol. The van der Waals surface area contributed by atoms with E-state index in [0.29, 0.717) is 10.1 Å². The van der Waals surface area contributed by atoms with Crippen LogP contribution in [0.2, 0.25) is 0 Å². The molecule has 1 amide bonds. The van der Waals surface area contributed by atoms with E-state index in [-0.39, 0.29) is 11.4 Å². The summed E-state index contributed by atoms with van der Waals surface area (Å²) in [4.78, 5) is 12.9. The molecule has 0 unspecified atom stereocenters. The van der Waals surface area contributed by atoms with Crippen molar-refractivity contribution >= 4 is 34.2 Å². The molecule has 0 spiro atoms. The van der Waals surface area contributed by atoms with Crippen LogP contribution in [0.5, 0.6) is 0 Å². The Bertz CT molecular complexity index is 191. The highest BCUT2D eigenvalue weighted by atomic mass is 32.2. The second kappa shape index (κ2) is 2.75. The van der Waals surface area contributed by atoms with Crippen LogP contribution in [0.15, 0.2) is 0 Å². The molecule has 1 aliphatic heterocycles. The Morgan fingerprint density at radius 1 is 1.55 bits per heavy atom. The summed E-state index contributed by atoms with van der Waals surface area (Å²) in [6.07, 6.45) is 0. The average molecular weight is 189 g/mol. The summed E-state index contributed by atoms with van der Waals surface area (Å²) in [5, 5.41) is 0. The highest BCUT2D eigenvalue weighted by Crippen LogP contribution is 2.26. The van der Waals surface area contributed by atoms with Gasteiger partial charge in [-0.2, -0.15) is 0 Å². The molecule has 0 saturated carbocycles. The standard InChI is InChI=1S/C7H11NOS2/c1-7(2,3)8-5(9)4-11-6(8)10/h4H2,1-3H3. The summed E-state index contributed by atoms with van der Waals surface area (Å²) < 4.78 is 0.711. The van der Waals surface area contributed by atoms with Crippen molar-refractivity contribution in [3.8, 4) is 0 Å². The Kier molecular flexibility index (Phi) is 2.25. The number of rotatable bonds is 0. The molecule has 1 rings (SSSR count). The van der Waals surface area contributed by atoms with Gasteiger partial charge in [-0.15, -0.1) is 0 Å². The van der Waals surface area contributed by atoms with Crippen LogP contribution in [-0.4, -0.2) is 26.4 Å². The number of thiocarbonyl (C=S) groups is 1. The van der Waals surface area contributed by atoms with E-state index in [1.54, 1.807) is 4.90 Å².